The lowest BCUT2D eigenvalue weighted by Gasteiger charge is -2.27. The number of nitrogen functional groups attached to an aromatic ring is 1. The predicted octanol–water partition coefficient (Wildman–Crippen LogP) is 3.67. The Morgan fingerprint density at radius 3 is 2.44 bits per heavy atom. The summed E-state index contributed by atoms with van der Waals surface area (Å²) >= 11 is 0. The topological polar surface area (TPSA) is 38.0 Å². The Labute approximate surface area is 99.2 Å². The fourth-order valence-electron chi connectivity index (χ4n) is 1.33. The van der Waals surface area contributed by atoms with Crippen LogP contribution in [-0.2, 0) is 0 Å². The van der Waals surface area contributed by atoms with E-state index in [9.17, 15) is 0 Å². The molecule has 0 heterocycles. The first-order chi connectivity index (χ1) is 7.30. The molecule has 2 nitrogen and oxygen atoms in total. The van der Waals surface area contributed by atoms with Crippen molar-refractivity contribution in [1.82, 2.24) is 0 Å². The quantitative estimate of drug-likeness (QED) is 0.763. The van der Waals surface area contributed by atoms with E-state index in [0.717, 1.165) is 23.5 Å². The number of rotatable bonds is 3. The Hall–Kier alpha value is -1.18. The molecule has 0 amide bonds. The summed E-state index contributed by atoms with van der Waals surface area (Å²) in [7, 11) is 0. The summed E-state index contributed by atoms with van der Waals surface area (Å²) in [6, 6.07) is 6.14. The molecule has 2 heteroatoms. The third-order valence-electron chi connectivity index (χ3n) is 3.37. The van der Waals surface area contributed by atoms with Gasteiger partial charge in [-0.3, -0.25) is 0 Å². The van der Waals surface area contributed by atoms with Gasteiger partial charge in [0.05, 0.1) is 0 Å². The molecule has 0 aromatic heterocycles. The van der Waals surface area contributed by atoms with Crippen molar-refractivity contribution >= 4 is 11.4 Å². The second-order valence-electron chi connectivity index (χ2n) is 5.72. The van der Waals surface area contributed by atoms with E-state index >= 15 is 0 Å². The highest BCUT2D eigenvalue weighted by molar-refractivity contribution is 5.58. The van der Waals surface area contributed by atoms with Crippen molar-refractivity contribution in [3.63, 3.8) is 0 Å². The molecule has 1 rings (SSSR count). The van der Waals surface area contributed by atoms with E-state index in [1.807, 2.05) is 13.0 Å². The Bertz CT molecular complexity index is 350. The molecule has 90 valence electrons. The van der Waals surface area contributed by atoms with Gasteiger partial charge in [-0.15, -0.1) is 0 Å². The monoisotopic (exact) mass is 220 g/mol. The van der Waals surface area contributed by atoms with E-state index in [-0.39, 0.29) is 0 Å². The summed E-state index contributed by atoms with van der Waals surface area (Å²) in [6.45, 7) is 12.1. The number of hydrogen-bond acceptors (Lipinski definition) is 2. The fraction of sp³-hybridized carbons (Fsp3) is 0.571. The number of nitrogens with one attached hydrogen (secondary N) is 1. The van der Waals surface area contributed by atoms with E-state index in [1.165, 1.54) is 0 Å². The fourth-order valence-corrected chi connectivity index (χ4v) is 1.33. The molecule has 0 aliphatic heterocycles. The molecule has 0 spiro atoms. The first kappa shape index (κ1) is 12.9. The summed E-state index contributed by atoms with van der Waals surface area (Å²) < 4.78 is 0. The summed E-state index contributed by atoms with van der Waals surface area (Å²) in [5.74, 6) is 0.620. The van der Waals surface area contributed by atoms with Crippen molar-refractivity contribution in [3.8, 4) is 0 Å². The number of nitrogens with two attached hydrogens (primary N) is 1. The van der Waals surface area contributed by atoms with Crippen LogP contribution < -0.4 is 11.1 Å². The van der Waals surface area contributed by atoms with E-state index in [1.54, 1.807) is 0 Å². The molecule has 16 heavy (non-hydrogen) atoms. The second kappa shape index (κ2) is 4.77. The molecule has 0 saturated carbocycles. The van der Waals surface area contributed by atoms with Crippen LogP contribution >= 0.6 is 0 Å². The molecule has 0 saturated heterocycles. The average Bonchev–Trinajstić information content (AvgIpc) is 2.18. The minimum atomic E-state index is 0.337. The van der Waals surface area contributed by atoms with Gasteiger partial charge in [-0.25, -0.2) is 0 Å². The molecule has 1 aromatic rings. The van der Waals surface area contributed by atoms with E-state index in [4.69, 9.17) is 5.73 Å². The van der Waals surface area contributed by atoms with Crippen molar-refractivity contribution in [2.45, 2.75) is 34.6 Å². The highest BCUT2D eigenvalue weighted by atomic mass is 14.9. The summed E-state index contributed by atoms with van der Waals surface area (Å²) in [4.78, 5) is 0. The van der Waals surface area contributed by atoms with E-state index in [0.29, 0.717) is 11.3 Å². The average molecular weight is 220 g/mol. The third kappa shape index (κ3) is 3.44. The minimum Gasteiger partial charge on any atom is -0.398 e. The maximum Gasteiger partial charge on any atom is 0.0364 e. The minimum absolute atomic E-state index is 0.337. The molecular formula is C14H24N2. The van der Waals surface area contributed by atoms with Crippen LogP contribution in [0.25, 0.3) is 0 Å². The first-order valence-electron chi connectivity index (χ1n) is 5.90. The van der Waals surface area contributed by atoms with Crippen molar-refractivity contribution in [1.29, 1.82) is 0 Å². The maximum absolute atomic E-state index is 5.87. The lowest BCUT2D eigenvalue weighted by molar-refractivity contribution is 0.274. The largest absolute Gasteiger partial charge is 0.398 e. The van der Waals surface area contributed by atoms with Crippen LogP contribution in [0.1, 0.15) is 33.3 Å². The van der Waals surface area contributed by atoms with Gasteiger partial charge < -0.3 is 11.1 Å². The summed E-state index contributed by atoms with van der Waals surface area (Å²) in [5.41, 5.74) is 9.31. The molecule has 1 aromatic carbocycles. The zero-order chi connectivity index (χ0) is 12.3. The van der Waals surface area contributed by atoms with Crippen LogP contribution in [0.15, 0.2) is 18.2 Å². The number of benzene rings is 1. The standard InChI is InChI=1S/C14H24N2/c1-10-6-7-12(8-13(10)15)16-9-11(2)14(3,4)5/h6-8,11,16H,9,15H2,1-5H3. The molecule has 0 aliphatic rings. The number of hydrogen-bond donors (Lipinski definition) is 2. The molecule has 0 aliphatic carbocycles. The Morgan fingerprint density at radius 1 is 1.31 bits per heavy atom. The van der Waals surface area contributed by atoms with Gasteiger partial charge in [-0.05, 0) is 36.0 Å². The van der Waals surface area contributed by atoms with Crippen LogP contribution in [0.4, 0.5) is 11.4 Å². The van der Waals surface area contributed by atoms with Gasteiger partial charge in [0.1, 0.15) is 0 Å². The molecule has 3 N–H and O–H groups in total. The van der Waals surface area contributed by atoms with Gasteiger partial charge in [-0.1, -0.05) is 33.8 Å². The third-order valence-corrected chi connectivity index (χ3v) is 3.37. The van der Waals surface area contributed by atoms with Crippen molar-refractivity contribution in [2.75, 3.05) is 17.6 Å². The Morgan fingerprint density at radius 2 is 1.94 bits per heavy atom. The van der Waals surface area contributed by atoms with Crippen LogP contribution in [0.5, 0.6) is 0 Å². The Kier molecular flexibility index (Phi) is 3.84. The van der Waals surface area contributed by atoms with Gasteiger partial charge in [-0.2, -0.15) is 0 Å². The lowest BCUT2D eigenvalue weighted by Crippen LogP contribution is -2.24. The SMILES string of the molecule is Cc1ccc(NCC(C)C(C)(C)C)cc1N. The summed E-state index contributed by atoms with van der Waals surface area (Å²) in [5, 5.41) is 3.44. The molecule has 1 unspecified atom stereocenters. The van der Waals surface area contributed by atoms with E-state index in [2.05, 4.69) is 45.1 Å². The first-order valence-corrected chi connectivity index (χ1v) is 5.90. The lowest BCUT2D eigenvalue weighted by atomic mass is 9.82. The van der Waals surface area contributed by atoms with Gasteiger partial charge in [0, 0.05) is 17.9 Å². The van der Waals surface area contributed by atoms with Crippen LogP contribution in [0.3, 0.4) is 0 Å². The van der Waals surface area contributed by atoms with Gasteiger partial charge in [0.25, 0.3) is 0 Å². The van der Waals surface area contributed by atoms with Gasteiger partial charge >= 0.3 is 0 Å². The highest BCUT2D eigenvalue weighted by Crippen LogP contribution is 2.26. The number of aryl methyl sites for hydroxylation is 1. The van der Waals surface area contributed by atoms with Crippen molar-refractivity contribution < 1.29 is 0 Å². The zero-order valence-electron chi connectivity index (χ0n) is 11.1. The smallest absolute Gasteiger partial charge is 0.0364 e. The van der Waals surface area contributed by atoms with E-state index < -0.39 is 0 Å². The summed E-state index contributed by atoms with van der Waals surface area (Å²) in [6.07, 6.45) is 0. The van der Waals surface area contributed by atoms with Crippen molar-refractivity contribution in [3.05, 3.63) is 23.8 Å². The zero-order valence-corrected chi connectivity index (χ0v) is 11.1. The molecule has 0 bridgehead atoms. The van der Waals surface area contributed by atoms with Crippen LogP contribution in [-0.4, -0.2) is 6.54 Å². The van der Waals surface area contributed by atoms with Crippen molar-refractivity contribution in [2.24, 2.45) is 11.3 Å². The predicted molar refractivity (Wildman–Crippen MR) is 72.7 cm³/mol. The maximum atomic E-state index is 5.87. The number of anilines is 2. The second-order valence-corrected chi connectivity index (χ2v) is 5.72. The molecule has 1 atom stereocenters. The molecular weight excluding hydrogens is 196 g/mol. The van der Waals surface area contributed by atoms with Gasteiger partial charge in [0.2, 0.25) is 0 Å². The molecule has 0 fully saturated rings. The Balaban J connectivity index is 2.58. The normalized spacial score (nSPS) is 13.6. The highest BCUT2D eigenvalue weighted by Gasteiger charge is 2.19. The van der Waals surface area contributed by atoms with Gasteiger partial charge in [0.15, 0.2) is 0 Å². The van der Waals surface area contributed by atoms with Crippen LogP contribution in [0.2, 0.25) is 0 Å². The molecule has 0 radical (unpaired) electrons. The van der Waals surface area contributed by atoms with Crippen LogP contribution in [0, 0.1) is 18.3 Å².